The van der Waals surface area contributed by atoms with Crippen molar-refractivity contribution >= 4 is 27.7 Å². The highest BCUT2D eigenvalue weighted by Gasteiger charge is 2.20. The van der Waals surface area contributed by atoms with Gasteiger partial charge >= 0.3 is 6.09 Å². The highest BCUT2D eigenvalue weighted by Crippen LogP contribution is 2.30. The van der Waals surface area contributed by atoms with Gasteiger partial charge in [-0.25, -0.2) is 4.79 Å². The molecule has 1 fully saturated rings. The quantitative estimate of drug-likeness (QED) is 0.864. The molecule has 1 N–H and O–H groups in total. The number of carbonyl (C=O) groups excluding carboxylic acids is 1. The van der Waals surface area contributed by atoms with Crippen molar-refractivity contribution in [3.63, 3.8) is 0 Å². The molecule has 0 saturated heterocycles. The number of anilines is 1. The second kappa shape index (κ2) is 6.04. The normalized spacial score (nSPS) is 15.4. The Morgan fingerprint density at radius 1 is 1.30 bits per heavy atom. The Morgan fingerprint density at radius 2 is 2.00 bits per heavy atom. The lowest BCUT2D eigenvalue weighted by Gasteiger charge is -2.26. The van der Waals surface area contributed by atoms with Crippen LogP contribution in [0.2, 0.25) is 0 Å². The van der Waals surface area contributed by atoms with Gasteiger partial charge in [0.25, 0.3) is 0 Å². The van der Waals surface area contributed by atoms with E-state index < -0.39 is 11.7 Å². The number of benzene rings is 1. The minimum atomic E-state index is -0.513. The zero-order valence-electron chi connectivity index (χ0n) is 12.0. The van der Waals surface area contributed by atoms with Crippen molar-refractivity contribution in [3.05, 3.63) is 22.7 Å². The van der Waals surface area contributed by atoms with Gasteiger partial charge in [-0.2, -0.15) is 0 Å². The van der Waals surface area contributed by atoms with Crippen molar-refractivity contribution in [1.29, 1.82) is 0 Å². The molecule has 0 aromatic heterocycles. The average Bonchev–Trinajstić information content (AvgIpc) is 2.19. The molecule has 0 radical (unpaired) electrons. The van der Waals surface area contributed by atoms with E-state index in [0.717, 1.165) is 23.1 Å². The molecule has 0 atom stereocenters. The first kappa shape index (κ1) is 15.2. The standard InChI is InChI=1S/C15H20BrNO3/c1-15(2,3)20-14(18)17-11-7-10(16)8-13(9-11)19-12-5-4-6-12/h7-9,12H,4-6H2,1-3H3,(H,17,18). The summed E-state index contributed by atoms with van der Waals surface area (Å²) in [6.07, 6.45) is 3.26. The molecule has 20 heavy (non-hydrogen) atoms. The van der Waals surface area contributed by atoms with Crippen molar-refractivity contribution in [3.8, 4) is 5.75 Å². The maximum Gasteiger partial charge on any atom is 0.412 e. The van der Waals surface area contributed by atoms with Gasteiger partial charge in [-0.1, -0.05) is 15.9 Å². The van der Waals surface area contributed by atoms with Gasteiger partial charge in [0.15, 0.2) is 0 Å². The smallest absolute Gasteiger partial charge is 0.412 e. The van der Waals surface area contributed by atoms with Gasteiger partial charge in [0, 0.05) is 16.2 Å². The van der Waals surface area contributed by atoms with Gasteiger partial charge in [-0.05, 0) is 52.2 Å². The third-order valence-electron chi connectivity index (χ3n) is 2.87. The highest BCUT2D eigenvalue weighted by atomic mass is 79.9. The predicted molar refractivity (Wildman–Crippen MR) is 82.3 cm³/mol. The number of amides is 1. The summed E-state index contributed by atoms with van der Waals surface area (Å²) >= 11 is 3.42. The fraction of sp³-hybridized carbons (Fsp3) is 0.533. The number of nitrogens with one attached hydrogen (secondary N) is 1. The molecule has 1 amide bonds. The van der Waals surface area contributed by atoms with Crippen LogP contribution in [0.5, 0.6) is 5.75 Å². The lowest BCUT2D eigenvalue weighted by atomic mass is 9.96. The summed E-state index contributed by atoms with van der Waals surface area (Å²) < 4.78 is 11.9. The van der Waals surface area contributed by atoms with E-state index in [1.54, 1.807) is 0 Å². The third kappa shape index (κ3) is 4.71. The zero-order chi connectivity index (χ0) is 14.8. The molecule has 0 unspecified atom stereocenters. The van der Waals surface area contributed by atoms with Crippen LogP contribution in [-0.4, -0.2) is 17.8 Å². The molecule has 1 aliphatic carbocycles. The number of hydrogen-bond acceptors (Lipinski definition) is 3. The summed E-state index contributed by atoms with van der Waals surface area (Å²) in [6.45, 7) is 5.50. The first-order valence-electron chi connectivity index (χ1n) is 6.79. The Hall–Kier alpha value is -1.23. The van der Waals surface area contributed by atoms with E-state index >= 15 is 0 Å². The van der Waals surface area contributed by atoms with Crippen molar-refractivity contribution in [2.45, 2.75) is 51.7 Å². The Kier molecular flexibility index (Phi) is 4.58. The van der Waals surface area contributed by atoms with Crippen molar-refractivity contribution < 1.29 is 14.3 Å². The molecule has 0 aliphatic heterocycles. The molecule has 5 heteroatoms. The van der Waals surface area contributed by atoms with Crippen LogP contribution in [0.4, 0.5) is 10.5 Å². The second-order valence-electron chi connectivity index (χ2n) is 5.97. The Labute approximate surface area is 128 Å². The van der Waals surface area contributed by atoms with E-state index in [2.05, 4.69) is 21.2 Å². The topological polar surface area (TPSA) is 47.6 Å². The molecule has 0 bridgehead atoms. The first-order chi connectivity index (χ1) is 9.32. The third-order valence-corrected chi connectivity index (χ3v) is 3.33. The summed E-state index contributed by atoms with van der Waals surface area (Å²) in [4.78, 5) is 11.8. The monoisotopic (exact) mass is 341 g/mol. The minimum Gasteiger partial charge on any atom is -0.490 e. The highest BCUT2D eigenvalue weighted by molar-refractivity contribution is 9.10. The van der Waals surface area contributed by atoms with E-state index in [1.807, 2.05) is 39.0 Å². The molecule has 1 aromatic rings. The van der Waals surface area contributed by atoms with Gasteiger partial charge in [-0.15, -0.1) is 0 Å². The van der Waals surface area contributed by atoms with Crippen molar-refractivity contribution in [2.24, 2.45) is 0 Å². The molecule has 1 aliphatic rings. The van der Waals surface area contributed by atoms with Crippen LogP contribution < -0.4 is 10.1 Å². The van der Waals surface area contributed by atoms with Gasteiger partial charge < -0.3 is 9.47 Å². The van der Waals surface area contributed by atoms with Gasteiger partial charge in [0.2, 0.25) is 0 Å². The van der Waals surface area contributed by atoms with Crippen molar-refractivity contribution in [2.75, 3.05) is 5.32 Å². The molecular weight excluding hydrogens is 322 g/mol. The summed E-state index contributed by atoms with van der Waals surface area (Å²) in [5.41, 5.74) is 0.143. The maximum atomic E-state index is 11.8. The SMILES string of the molecule is CC(C)(C)OC(=O)Nc1cc(Br)cc(OC2CCC2)c1. The minimum absolute atomic E-state index is 0.304. The molecule has 4 nitrogen and oxygen atoms in total. The van der Waals surface area contributed by atoms with Crippen LogP contribution in [0.1, 0.15) is 40.0 Å². The number of carbonyl (C=O) groups is 1. The first-order valence-corrected chi connectivity index (χ1v) is 7.58. The summed E-state index contributed by atoms with van der Waals surface area (Å²) in [5.74, 6) is 0.759. The van der Waals surface area contributed by atoms with E-state index in [1.165, 1.54) is 6.42 Å². The van der Waals surface area contributed by atoms with Crippen LogP contribution in [0, 0.1) is 0 Å². The Bertz CT molecular complexity index is 492. The van der Waals surface area contributed by atoms with E-state index in [9.17, 15) is 4.79 Å². The van der Waals surface area contributed by atoms with Crippen LogP contribution >= 0.6 is 15.9 Å². The summed E-state index contributed by atoms with van der Waals surface area (Å²) in [6, 6.07) is 5.53. The van der Waals surface area contributed by atoms with Crippen molar-refractivity contribution in [1.82, 2.24) is 0 Å². The van der Waals surface area contributed by atoms with Crippen LogP contribution in [0.15, 0.2) is 22.7 Å². The number of hydrogen-bond donors (Lipinski definition) is 1. The number of rotatable bonds is 3. The van der Waals surface area contributed by atoms with Crippen LogP contribution in [0.25, 0.3) is 0 Å². The summed E-state index contributed by atoms with van der Waals surface area (Å²) in [7, 11) is 0. The number of ether oxygens (including phenoxy) is 2. The molecule has 0 spiro atoms. The number of halogens is 1. The molecule has 110 valence electrons. The maximum absolute atomic E-state index is 11.8. The largest absolute Gasteiger partial charge is 0.490 e. The summed E-state index contributed by atoms with van der Waals surface area (Å²) in [5, 5.41) is 2.72. The van der Waals surface area contributed by atoms with E-state index in [0.29, 0.717) is 11.8 Å². The average molecular weight is 342 g/mol. The lowest BCUT2D eigenvalue weighted by Crippen LogP contribution is -2.27. The van der Waals surface area contributed by atoms with Gasteiger partial charge in [0.05, 0.1) is 6.10 Å². The fourth-order valence-electron chi connectivity index (χ4n) is 1.81. The molecule has 0 heterocycles. The fourth-order valence-corrected chi connectivity index (χ4v) is 2.28. The Balaban J connectivity index is 2.01. The molecule has 2 rings (SSSR count). The molecule has 1 saturated carbocycles. The lowest BCUT2D eigenvalue weighted by molar-refractivity contribution is 0.0636. The van der Waals surface area contributed by atoms with E-state index in [-0.39, 0.29) is 0 Å². The Morgan fingerprint density at radius 3 is 2.55 bits per heavy atom. The van der Waals surface area contributed by atoms with Crippen LogP contribution in [0.3, 0.4) is 0 Å². The predicted octanol–water partition coefficient (Wildman–Crippen LogP) is 4.73. The zero-order valence-corrected chi connectivity index (χ0v) is 13.6. The molecule has 1 aromatic carbocycles. The van der Waals surface area contributed by atoms with Crippen LogP contribution in [-0.2, 0) is 4.74 Å². The second-order valence-corrected chi connectivity index (χ2v) is 6.89. The van der Waals surface area contributed by atoms with Gasteiger partial charge in [-0.3, -0.25) is 5.32 Å². The molecular formula is C15H20BrNO3. The van der Waals surface area contributed by atoms with Gasteiger partial charge in [0.1, 0.15) is 11.4 Å². The van der Waals surface area contributed by atoms with E-state index in [4.69, 9.17) is 9.47 Å².